The first-order chi connectivity index (χ1) is 11.7. The van der Waals surface area contributed by atoms with E-state index in [0.29, 0.717) is 23.6 Å². The first-order valence-electron chi connectivity index (χ1n) is 7.96. The number of aryl methyl sites for hydroxylation is 1. The number of hydrogen-bond acceptors (Lipinski definition) is 4. The Labute approximate surface area is 141 Å². The van der Waals surface area contributed by atoms with Crippen LogP contribution in [-0.2, 0) is 13.0 Å². The van der Waals surface area contributed by atoms with Crippen LogP contribution in [0.15, 0.2) is 36.4 Å². The van der Waals surface area contributed by atoms with Gasteiger partial charge < -0.3 is 19.5 Å². The highest BCUT2D eigenvalue weighted by Gasteiger charge is 2.18. The monoisotopic (exact) mass is 327 g/mol. The summed E-state index contributed by atoms with van der Waals surface area (Å²) in [5.41, 5.74) is 2.65. The third-order valence-corrected chi connectivity index (χ3v) is 4.08. The fourth-order valence-electron chi connectivity index (χ4n) is 2.87. The Balaban J connectivity index is 1.74. The van der Waals surface area contributed by atoms with Crippen molar-refractivity contribution < 1.29 is 19.0 Å². The summed E-state index contributed by atoms with van der Waals surface area (Å²) in [5.74, 6) is 1.71. The summed E-state index contributed by atoms with van der Waals surface area (Å²) in [4.78, 5) is 12.6. The number of hydrogen-bond donors (Lipinski definition) is 1. The minimum absolute atomic E-state index is 0.224. The highest BCUT2D eigenvalue weighted by atomic mass is 16.5. The maximum Gasteiger partial charge on any atom is 0.259 e. The Bertz CT molecular complexity index is 720. The molecule has 5 nitrogen and oxygen atoms in total. The minimum Gasteiger partial charge on any atom is -0.496 e. The number of carbonyl (C=O) groups excluding carboxylic acids is 1. The average Bonchev–Trinajstić information content (AvgIpc) is 2.65. The van der Waals surface area contributed by atoms with Crippen LogP contribution in [-0.4, -0.2) is 26.7 Å². The van der Waals surface area contributed by atoms with Gasteiger partial charge in [0, 0.05) is 6.54 Å². The molecule has 0 fully saturated rings. The van der Waals surface area contributed by atoms with Crippen LogP contribution in [0.4, 0.5) is 0 Å². The van der Waals surface area contributed by atoms with Crippen LogP contribution in [0, 0.1) is 0 Å². The fourth-order valence-corrected chi connectivity index (χ4v) is 2.87. The van der Waals surface area contributed by atoms with Crippen molar-refractivity contribution in [2.75, 3.05) is 20.8 Å². The van der Waals surface area contributed by atoms with E-state index in [0.717, 1.165) is 30.8 Å². The summed E-state index contributed by atoms with van der Waals surface area (Å²) < 4.78 is 16.2. The molecule has 1 aliphatic rings. The summed E-state index contributed by atoms with van der Waals surface area (Å²) >= 11 is 0. The Morgan fingerprint density at radius 3 is 2.62 bits per heavy atom. The van der Waals surface area contributed by atoms with Gasteiger partial charge in [-0.15, -0.1) is 0 Å². The van der Waals surface area contributed by atoms with Gasteiger partial charge in [0.15, 0.2) is 0 Å². The molecule has 126 valence electrons. The van der Waals surface area contributed by atoms with E-state index >= 15 is 0 Å². The van der Waals surface area contributed by atoms with Crippen LogP contribution in [0.25, 0.3) is 0 Å². The SMILES string of the molecule is COc1cccc(OC)c1C(=O)NCc1ccc2c(c1)CCCO2. The standard InChI is InChI=1S/C19H21NO4/c1-22-16-6-3-7-17(23-2)18(16)19(21)20-12-13-8-9-15-14(11-13)5-4-10-24-15/h3,6-9,11H,4-5,10,12H2,1-2H3,(H,20,21). The van der Waals surface area contributed by atoms with E-state index in [1.807, 2.05) is 12.1 Å². The molecule has 1 amide bonds. The van der Waals surface area contributed by atoms with E-state index in [2.05, 4.69) is 11.4 Å². The van der Waals surface area contributed by atoms with Gasteiger partial charge in [0.1, 0.15) is 22.8 Å². The molecule has 0 saturated carbocycles. The Morgan fingerprint density at radius 1 is 1.17 bits per heavy atom. The van der Waals surface area contributed by atoms with Crippen molar-refractivity contribution in [3.8, 4) is 17.2 Å². The van der Waals surface area contributed by atoms with Gasteiger partial charge in [0.25, 0.3) is 5.91 Å². The van der Waals surface area contributed by atoms with E-state index in [4.69, 9.17) is 14.2 Å². The topological polar surface area (TPSA) is 56.8 Å². The third kappa shape index (κ3) is 3.30. The zero-order valence-corrected chi connectivity index (χ0v) is 13.9. The molecule has 1 N–H and O–H groups in total. The van der Waals surface area contributed by atoms with Gasteiger partial charge in [-0.05, 0) is 42.2 Å². The summed E-state index contributed by atoms with van der Waals surface area (Å²) in [5, 5.41) is 2.93. The molecule has 2 aromatic carbocycles. The van der Waals surface area contributed by atoms with Gasteiger partial charge >= 0.3 is 0 Å². The second kappa shape index (κ2) is 7.25. The predicted molar refractivity (Wildman–Crippen MR) is 91.0 cm³/mol. The summed E-state index contributed by atoms with van der Waals surface area (Å²) in [6.45, 7) is 1.21. The molecule has 1 heterocycles. The molecule has 2 aromatic rings. The van der Waals surface area contributed by atoms with Crippen LogP contribution < -0.4 is 19.5 Å². The Kier molecular flexibility index (Phi) is 4.89. The van der Waals surface area contributed by atoms with Gasteiger partial charge in [-0.3, -0.25) is 4.79 Å². The maximum atomic E-state index is 12.6. The summed E-state index contributed by atoms with van der Waals surface area (Å²) in [6.07, 6.45) is 2.04. The Hall–Kier alpha value is -2.69. The molecule has 0 bridgehead atoms. The first-order valence-corrected chi connectivity index (χ1v) is 7.96. The molecular weight excluding hydrogens is 306 g/mol. The van der Waals surface area contributed by atoms with E-state index in [9.17, 15) is 4.79 Å². The number of methoxy groups -OCH3 is 2. The number of carbonyl (C=O) groups is 1. The predicted octanol–water partition coefficient (Wildman–Crippen LogP) is 2.96. The lowest BCUT2D eigenvalue weighted by Crippen LogP contribution is -2.24. The second-order valence-corrected chi connectivity index (χ2v) is 5.61. The van der Waals surface area contributed by atoms with Crippen molar-refractivity contribution in [2.45, 2.75) is 19.4 Å². The molecule has 0 unspecified atom stereocenters. The molecule has 5 heteroatoms. The van der Waals surface area contributed by atoms with Crippen molar-refractivity contribution in [1.29, 1.82) is 0 Å². The quantitative estimate of drug-likeness (QED) is 0.917. The zero-order chi connectivity index (χ0) is 16.9. The number of nitrogens with one attached hydrogen (secondary N) is 1. The van der Waals surface area contributed by atoms with E-state index < -0.39 is 0 Å². The molecule has 1 aliphatic heterocycles. The number of ether oxygens (including phenoxy) is 3. The second-order valence-electron chi connectivity index (χ2n) is 5.61. The van der Waals surface area contributed by atoms with Crippen LogP contribution in [0.3, 0.4) is 0 Å². The molecule has 0 saturated heterocycles. The number of amides is 1. The number of rotatable bonds is 5. The van der Waals surface area contributed by atoms with Crippen LogP contribution >= 0.6 is 0 Å². The lowest BCUT2D eigenvalue weighted by atomic mass is 10.0. The van der Waals surface area contributed by atoms with Crippen molar-refractivity contribution in [1.82, 2.24) is 5.32 Å². The van der Waals surface area contributed by atoms with Crippen molar-refractivity contribution in [2.24, 2.45) is 0 Å². The van der Waals surface area contributed by atoms with Gasteiger partial charge in [0.05, 0.1) is 20.8 Å². The normalized spacial score (nSPS) is 12.8. The maximum absolute atomic E-state index is 12.6. The number of fused-ring (bicyclic) bond motifs is 1. The van der Waals surface area contributed by atoms with Gasteiger partial charge in [-0.25, -0.2) is 0 Å². The first kappa shape index (κ1) is 16.2. The molecule has 24 heavy (non-hydrogen) atoms. The highest BCUT2D eigenvalue weighted by Crippen LogP contribution is 2.28. The van der Waals surface area contributed by atoms with Crippen molar-refractivity contribution in [3.63, 3.8) is 0 Å². The van der Waals surface area contributed by atoms with Crippen molar-refractivity contribution >= 4 is 5.91 Å². The van der Waals surface area contributed by atoms with Gasteiger partial charge in [0.2, 0.25) is 0 Å². The Morgan fingerprint density at radius 2 is 1.92 bits per heavy atom. The van der Waals surface area contributed by atoms with Crippen molar-refractivity contribution in [3.05, 3.63) is 53.1 Å². The van der Waals surface area contributed by atoms with E-state index in [1.165, 1.54) is 19.8 Å². The van der Waals surface area contributed by atoms with Crippen LogP contribution in [0.1, 0.15) is 27.9 Å². The zero-order valence-electron chi connectivity index (χ0n) is 13.9. The molecule has 0 aliphatic carbocycles. The molecule has 0 aromatic heterocycles. The lowest BCUT2D eigenvalue weighted by Gasteiger charge is -2.18. The fraction of sp³-hybridized carbons (Fsp3) is 0.316. The van der Waals surface area contributed by atoms with Crippen LogP contribution in [0.2, 0.25) is 0 Å². The molecule has 0 spiro atoms. The minimum atomic E-state index is -0.224. The van der Waals surface area contributed by atoms with E-state index in [1.54, 1.807) is 18.2 Å². The third-order valence-electron chi connectivity index (χ3n) is 4.08. The summed E-state index contributed by atoms with van der Waals surface area (Å²) in [7, 11) is 3.07. The van der Waals surface area contributed by atoms with Gasteiger partial charge in [-0.2, -0.15) is 0 Å². The van der Waals surface area contributed by atoms with E-state index in [-0.39, 0.29) is 5.91 Å². The molecule has 0 atom stereocenters. The van der Waals surface area contributed by atoms with Crippen LogP contribution in [0.5, 0.6) is 17.2 Å². The smallest absolute Gasteiger partial charge is 0.259 e. The largest absolute Gasteiger partial charge is 0.496 e. The lowest BCUT2D eigenvalue weighted by molar-refractivity contribution is 0.0944. The molecule has 0 radical (unpaired) electrons. The number of benzene rings is 2. The molecule has 3 rings (SSSR count). The molecular formula is C19H21NO4. The average molecular weight is 327 g/mol. The highest BCUT2D eigenvalue weighted by molar-refractivity contribution is 5.99. The summed E-state index contributed by atoms with van der Waals surface area (Å²) in [6, 6.07) is 11.3. The van der Waals surface area contributed by atoms with Gasteiger partial charge in [-0.1, -0.05) is 18.2 Å².